The molecule has 0 spiro atoms. The number of halogens is 1. The van der Waals surface area contributed by atoms with Crippen molar-refractivity contribution in [2.24, 2.45) is 0 Å². The van der Waals surface area contributed by atoms with E-state index in [0.29, 0.717) is 43.4 Å². The molecule has 1 aliphatic heterocycles. The molecule has 8 nitrogen and oxygen atoms in total. The first kappa shape index (κ1) is 21.8. The summed E-state index contributed by atoms with van der Waals surface area (Å²) in [5, 5.41) is 7.25. The summed E-state index contributed by atoms with van der Waals surface area (Å²) in [5.41, 5.74) is 1.21. The molecule has 0 saturated carbocycles. The zero-order valence-electron chi connectivity index (χ0n) is 16.7. The Morgan fingerprint density at radius 2 is 1.90 bits per heavy atom. The van der Waals surface area contributed by atoms with Crippen LogP contribution < -0.4 is 5.32 Å². The van der Waals surface area contributed by atoms with Crippen molar-refractivity contribution in [1.29, 1.82) is 0 Å². The summed E-state index contributed by atoms with van der Waals surface area (Å²) >= 11 is 6.12. The predicted molar refractivity (Wildman–Crippen MR) is 109 cm³/mol. The molecule has 2 aromatic rings. The fraction of sp³-hybridized carbons (Fsp3) is 0.474. The molecule has 0 radical (unpaired) electrons. The number of nitrogens with zero attached hydrogens (tertiary/aromatic N) is 3. The monoisotopic (exact) mass is 440 g/mol. The number of aryl methyl sites for hydroxylation is 2. The Balaban J connectivity index is 1.57. The Labute approximate surface area is 175 Å². The molecule has 2 heterocycles. The van der Waals surface area contributed by atoms with Gasteiger partial charge in [-0.1, -0.05) is 35.0 Å². The Hall–Kier alpha value is -1.94. The van der Waals surface area contributed by atoms with Crippen LogP contribution in [0.1, 0.15) is 23.9 Å². The van der Waals surface area contributed by atoms with Crippen LogP contribution in [0, 0.1) is 13.8 Å². The van der Waals surface area contributed by atoms with Crippen molar-refractivity contribution in [3.63, 3.8) is 0 Å². The van der Waals surface area contributed by atoms with Gasteiger partial charge in [0.1, 0.15) is 10.6 Å². The molecule has 0 bridgehead atoms. The Kier molecular flexibility index (Phi) is 6.62. The summed E-state index contributed by atoms with van der Waals surface area (Å²) in [4.78, 5) is 14.6. The summed E-state index contributed by atoms with van der Waals surface area (Å²) in [5.74, 6) is 0.171. The first-order chi connectivity index (χ1) is 13.7. The number of rotatable bonds is 6. The molecular formula is C19H25ClN4O4S. The molecule has 10 heteroatoms. The molecule has 1 N–H and O–H groups in total. The van der Waals surface area contributed by atoms with Gasteiger partial charge >= 0.3 is 0 Å². The van der Waals surface area contributed by atoms with Gasteiger partial charge in [0.2, 0.25) is 15.9 Å². The van der Waals surface area contributed by atoms with Gasteiger partial charge in [0.25, 0.3) is 0 Å². The summed E-state index contributed by atoms with van der Waals surface area (Å²) in [6, 6.07) is 6.99. The topological polar surface area (TPSA) is 95.8 Å². The van der Waals surface area contributed by atoms with E-state index in [-0.39, 0.29) is 22.6 Å². The van der Waals surface area contributed by atoms with Crippen molar-refractivity contribution in [2.75, 3.05) is 26.2 Å². The van der Waals surface area contributed by atoms with Crippen LogP contribution in [0.15, 0.2) is 33.7 Å². The summed E-state index contributed by atoms with van der Waals surface area (Å²) < 4.78 is 32.2. The van der Waals surface area contributed by atoms with E-state index >= 15 is 0 Å². The molecular weight excluding hydrogens is 416 g/mol. The lowest BCUT2D eigenvalue weighted by atomic mass is 10.2. The third kappa shape index (κ3) is 4.63. The molecule has 1 atom stereocenters. The van der Waals surface area contributed by atoms with Crippen LogP contribution in [-0.2, 0) is 21.4 Å². The highest BCUT2D eigenvalue weighted by Gasteiger charge is 2.35. The number of hydrogen-bond acceptors (Lipinski definition) is 6. The largest absolute Gasteiger partial charge is 0.360 e. The standard InChI is InChI=1S/C19H25ClN4O4S/c1-13-18(15(3)28-22-13)29(26,27)24-10-8-23(9-11-24)14(2)19(25)21-12-16-6-4-5-7-17(16)20/h4-7,14H,8-12H2,1-3H3,(H,21,25). The Bertz CT molecular complexity index is 964. The number of benzene rings is 1. The van der Waals surface area contributed by atoms with Crippen LogP contribution >= 0.6 is 11.6 Å². The lowest BCUT2D eigenvalue weighted by Gasteiger charge is -2.36. The third-order valence-electron chi connectivity index (χ3n) is 5.18. The number of sulfonamides is 1. The van der Waals surface area contributed by atoms with Crippen LogP contribution in [0.5, 0.6) is 0 Å². The van der Waals surface area contributed by atoms with E-state index in [1.165, 1.54) is 4.31 Å². The fourth-order valence-electron chi connectivity index (χ4n) is 3.44. The van der Waals surface area contributed by atoms with Crippen molar-refractivity contribution in [1.82, 2.24) is 19.7 Å². The van der Waals surface area contributed by atoms with Crippen LogP contribution in [0.2, 0.25) is 5.02 Å². The number of hydrogen-bond donors (Lipinski definition) is 1. The minimum absolute atomic E-state index is 0.119. The highest BCUT2D eigenvalue weighted by molar-refractivity contribution is 7.89. The number of carbonyl (C=O) groups is 1. The van der Waals surface area contributed by atoms with E-state index in [0.717, 1.165) is 5.56 Å². The Morgan fingerprint density at radius 1 is 1.24 bits per heavy atom. The second-order valence-corrected chi connectivity index (χ2v) is 9.36. The maximum Gasteiger partial charge on any atom is 0.248 e. The zero-order chi connectivity index (χ0) is 21.2. The predicted octanol–water partition coefficient (Wildman–Crippen LogP) is 1.96. The van der Waals surface area contributed by atoms with Gasteiger partial charge in [-0.05, 0) is 32.4 Å². The van der Waals surface area contributed by atoms with E-state index in [9.17, 15) is 13.2 Å². The minimum atomic E-state index is -3.67. The average Bonchev–Trinajstić information content (AvgIpc) is 3.05. The third-order valence-corrected chi connectivity index (χ3v) is 7.69. The number of nitrogens with one attached hydrogen (secondary N) is 1. The minimum Gasteiger partial charge on any atom is -0.360 e. The maximum atomic E-state index is 12.9. The molecule has 1 aliphatic rings. The lowest BCUT2D eigenvalue weighted by Crippen LogP contribution is -2.54. The molecule has 1 unspecified atom stereocenters. The van der Waals surface area contributed by atoms with Gasteiger partial charge in [-0.3, -0.25) is 9.69 Å². The molecule has 1 aromatic carbocycles. The molecule has 1 fully saturated rings. The van der Waals surface area contributed by atoms with E-state index in [4.69, 9.17) is 16.1 Å². The summed E-state index contributed by atoms with van der Waals surface area (Å²) in [6.45, 7) is 6.90. The van der Waals surface area contributed by atoms with Crippen molar-refractivity contribution in [3.8, 4) is 0 Å². The van der Waals surface area contributed by atoms with Gasteiger partial charge < -0.3 is 9.84 Å². The van der Waals surface area contributed by atoms with Gasteiger partial charge in [-0.15, -0.1) is 0 Å². The van der Waals surface area contributed by atoms with Crippen LogP contribution in [-0.4, -0.2) is 60.9 Å². The van der Waals surface area contributed by atoms with Crippen LogP contribution in [0.3, 0.4) is 0 Å². The number of amides is 1. The number of piperazine rings is 1. The van der Waals surface area contributed by atoms with Gasteiger partial charge in [0, 0.05) is 37.7 Å². The normalized spacial score (nSPS) is 17.2. The van der Waals surface area contributed by atoms with Crippen LogP contribution in [0.25, 0.3) is 0 Å². The van der Waals surface area contributed by atoms with Crippen LogP contribution in [0.4, 0.5) is 0 Å². The fourth-order valence-corrected chi connectivity index (χ4v) is 5.36. The molecule has 1 amide bonds. The van der Waals surface area contributed by atoms with E-state index in [2.05, 4.69) is 10.5 Å². The quantitative estimate of drug-likeness (QED) is 0.737. The molecule has 158 valence electrons. The van der Waals surface area contributed by atoms with E-state index in [1.807, 2.05) is 30.0 Å². The zero-order valence-corrected chi connectivity index (χ0v) is 18.3. The van der Waals surface area contributed by atoms with Gasteiger partial charge in [-0.2, -0.15) is 4.31 Å². The highest BCUT2D eigenvalue weighted by atomic mass is 35.5. The SMILES string of the molecule is Cc1noc(C)c1S(=O)(=O)N1CCN(C(C)C(=O)NCc2ccccc2Cl)CC1. The molecule has 1 aromatic heterocycles. The number of carbonyl (C=O) groups excluding carboxylic acids is 1. The maximum absolute atomic E-state index is 12.9. The lowest BCUT2D eigenvalue weighted by molar-refractivity contribution is -0.126. The second-order valence-electron chi connectivity index (χ2n) is 7.08. The molecule has 1 saturated heterocycles. The van der Waals surface area contributed by atoms with E-state index in [1.54, 1.807) is 19.9 Å². The number of aromatic nitrogens is 1. The Morgan fingerprint density at radius 3 is 2.48 bits per heavy atom. The van der Waals surface area contributed by atoms with Crippen molar-refractivity contribution in [2.45, 2.75) is 38.3 Å². The average molecular weight is 441 g/mol. The molecule has 29 heavy (non-hydrogen) atoms. The van der Waals surface area contributed by atoms with Crippen molar-refractivity contribution in [3.05, 3.63) is 46.3 Å². The molecule has 3 rings (SSSR count). The van der Waals surface area contributed by atoms with E-state index < -0.39 is 10.0 Å². The van der Waals surface area contributed by atoms with Gasteiger partial charge in [0.05, 0.1) is 6.04 Å². The van der Waals surface area contributed by atoms with Crippen molar-refractivity contribution >= 4 is 27.5 Å². The smallest absolute Gasteiger partial charge is 0.248 e. The highest BCUT2D eigenvalue weighted by Crippen LogP contribution is 2.24. The van der Waals surface area contributed by atoms with Crippen molar-refractivity contribution < 1.29 is 17.7 Å². The van der Waals surface area contributed by atoms with Gasteiger partial charge in [0.15, 0.2) is 5.76 Å². The first-order valence-corrected chi connectivity index (χ1v) is 11.2. The second kappa shape index (κ2) is 8.83. The summed E-state index contributed by atoms with van der Waals surface area (Å²) in [6.07, 6.45) is 0. The molecule has 0 aliphatic carbocycles. The summed E-state index contributed by atoms with van der Waals surface area (Å²) in [7, 11) is -3.67. The first-order valence-electron chi connectivity index (χ1n) is 9.40. The van der Waals surface area contributed by atoms with Gasteiger partial charge in [-0.25, -0.2) is 8.42 Å².